The molecule has 1 heterocycles. The maximum Gasteiger partial charge on any atom is 0.249 e. The van der Waals surface area contributed by atoms with Gasteiger partial charge in [0.05, 0.1) is 5.69 Å². The van der Waals surface area contributed by atoms with Crippen molar-refractivity contribution in [3.05, 3.63) is 29.6 Å². The lowest BCUT2D eigenvalue weighted by Crippen LogP contribution is -2.47. The second-order valence-electron chi connectivity index (χ2n) is 5.04. The van der Waals surface area contributed by atoms with Crippen LogP contribution in [-0.2, 0) is 9.59 Å². The third-order valence-electron chi connectivity index (χ3n) is 3.23. The number of rotatable bonds is 3. The summed E-state index contributed by atoms with van der Waals surface area (Å²) in [5, 5.41) is 5.12. The number of benzene rings is 1. The number of anilines is 1. The second kappa shape index (κ2) is 5.38. The fraction of sp³-hybridized carbons (Fsp3) is 0.429. The van der Waals surface area contributed by atoms with Gasteiger partial charge in [-0.1, -0.05) is 19.9 Å². The molecule has 0 spiro atoms. The van der Waals surface area contributed by atoms with E-state index in [4.69, 9.17) is 0 Å². The molecule has 2 amide bonds. The van der Waals surface area contributed by atoms with Gasteiger partial charge in [0, 0.05) is 6.42 Å². The van der Waals surface area contributed by atoms with Crippen molar-refractivity contribution >= 4 is 17.5 Å². The molecule has 1 aromatic carbocycles. The molecular formula is C14H17FN2O2. The molecule has 0 aromatic heterocycles. The van der Waals surface area contributed by atoms with Gasteiger partial charge in [0.15, 0.2) is 0 Å². The average molecular weight is 264 g/mol. The molecule has 0 saturated carbocycles. The summed E-state index contributed by atoms with van der Waals surface area (Å²) in [4.78, 5) is 22.7. The maximum absolute atomic E-state index is 13.7. The van der Waals surface area contributed by atoms with Crippen LogP contribution in [0.25, 0.3) is 0 Å². The van der Waals surface area contributed by atoms with Gasteiger partial charge in [-0.3, -0.25) is 14.9 Å². The fourth-order valence-electron chi connectivity index (χ4n) is 2.03. The Morgan fingerprint density at radius 1 is 1.37 bits per heavy atom. The van der Waals surface area contributed by atoms with Crippen molar-refractivity contribution in [1.29, 1.82) is 0 Å². The normalized spacial score (nSPS) is 19.5. The molecule has 2 rings (SSSR count). The summed E-state index contributed by atoms with van der Waals surface area (Å²) < 4.78 is 13.7. The van der Waals surface area contributed by atoms with Crippen molar-refractivity contribution in [2.24, 2.45) is 0 Å². The van der Waals surface area contributed by atoms with Crippen LogP contribution in [0.4, 0.5) is 10.1 Å². The van der Waals surface area contributed by atoms with Crippen molar-refractivity contribution in [2.45, 2.75) is 38.6 Å². The Morgan fingerprint density at radius 3 is 2.74 bits per heavy atom. The summed E-state index contributed by atoms with van der Waals surface area (Å²) in [6.07, 6.45) is 0.658. The molecule has 0 bridgehead atoms. The van der Waals surface area contributed by atoms with E-state index in [0.29, 0.717) is 12.1 Å². The van der Waals surface area contributed by atoms with Crippen molar-refractivity contribution < 1.29 is 14.0 Å². The number of halogens is 1. The quantitative estimate of drug-likeness (QED) is 0.823. The van der Waals surface area contributed by atoms with Gasteiger partial charge in [-0.25, -0.2) is 4.39 Å². The molecule has 1 aliphatic rings. The van der Waals surface area contributed by atoms with Gasteiger partial charge < -0.3 is 5.32 Å². The van der Waals surface area contributed by atoms with E-state index in [2.05, 4.69) is 10.6 Å². The molecule has 0 aliphatic carbocycles. The maximum atomic E-state index is 13.7. The highest BCUT2D eigenvalue weighted by molar-refractivity contribution is 6.01. The van der Waals surface area contributed by atoms with Gasteiger partial charge in [0.1, 0.15) is 11.9 Å². The van der Waals surface area contributed by atoms with E-state index in [0.717, 1.165) is 5.56 Å². The molecule has 1 fully saturated rings. The molecule has 1 aromatic rings. The molecular weight excluding hydrogens is 247 g/mol. The first kappa shape index (κ1) is 13.5. The number of carbonyl (C=O) groups excluding carboxylic acids is 2. The number of piperidine rings is 1. The molecule has 1 unspecified atom stereocenters. The van der Waals surface area contributed by atoms with E-state index < -0.39 is 17.8 Å². The number of hydrogen-bond donors (Lipinski definition) is 2. The smallest absolute Gasteiger partial charge is 0.249 e. The van der Waals surface area contributed by atoms with Gasteiger partial charge in [-0.05, 0) is 30.0 Å². The Kier molecular flexibility index (Phi) is 3.83. The molecule has 5 heteroatoms. The lowest BCUT2D eigenvalue weighted by molar-refractivity contribution is -0.133. The Balaban J connectivity index is 2.16. The lowest BCUT2D eigenvalue weighted by Gasteiger charge is -2.23. The predicted octanol–water partition coefficient (Wildman–Crippen LogP) is 2.17. The Morgan fingerprint density at radius 2 is 2.11 bits per heavy atom. The summed E-state index contributed by atoms with van der Waals surface area (Å²) in [5.74, 6) is -0.790. The monoisotopic (exact) mass is 264 g/mol. The van der Waals surface area contributed by atoms with Crippen LogP contribution in [0.5, 0.6) is 0 Å². The van der Waals surface area contributed by atoms with Gasteiger partial charge in [0.25, 0.3) is 0 Å². The first-order valence-corrected chi connectivity index (χ1v) is 6.37. The van der Waals surface area contributed by atoms with Gasteiger partial charge in [0.2, 0.25) is 11.8 Å². The Bertz CT molecular complexity index is 514. The molecule has 4 nitrogen and oxygen atoms in total. The molecule has 19 heavy (non-hydrogen) atoms. The van der Waals surface area contributed by atoms with Crippen molar-refractivity contribution in [1.82, 2.24) is 5.32 Å². The number of amides is 2. The SMILES string of the molecule is CC(C)c1ccc(F)c(NC2CCC(=O)NC2=O)c1. The standard InChI is InChI=1S/C14H17FN2O2/c1-8(2)9-3-4-10(15)12(7-9)16-11-5-6-13(18)17-14(11)19/h3-4,7-8,11,16H,5-6H2,1-2H3,(H,17,18,19). The number of imide groups is 1. The van der Waals surface area contributed by atoms with E-state index in [-0.39, 0.29) is 18.2 Å². The summed E-state index contributed by atoms with van der Waals surface area (Å²) in [6, 6.07) is 4.28. The largest absolute Gasteiger partial charge is 0.371 e. The molecule has 0 radical (unpaired) electrons. The molecule has 2 N–H and O–H groups in total. The van der Waals surface area contributed by atoms with Crippen LogP contribution >= 0.6 is 0 Å². The third-order valence-corrected chi connectivity index (χ3v) is 3.23. The zero-order valence-electron chi connectivity index (χ0n) is 11.0. The summed E-state index contributed by atoms with van der Waals surface area (Å²) in [5.41, 5.74) is 1.30. The number of hydrogen-bond acceptors (Lipinski definition) is 3. The first-order chi connectivity index (χ1) is 8.97. The third kappa shape index (κ3) is 3.10. The Labute approximate surface area is 111 Å². The number of carbonyl (C=O) groups is 2. The van der Waals surface area contributed by atoms with Gasteiger partial charge >= 0.3 is 0 Å². The minimum atomic E-state index is -0.561. The fourth-order valence-corrected chi connectivity index (χ4v) is 2.03. The lowest BCUT2D eigenvalue weighted by atomic mass is 10.0. The van der Waals surface area contributed by atoms with Crippen LogP contribution in [0.3, 0.4) is 0 Å². The van der Waals surface area contributed by atoms with Crippen LogP contribution in [0.2, 0.25) is 0 Å². The van der Waals surface area contributed by atoms with Crippen molar-refractivity contribution in [2.75, 3.05) is 5.32 Å². The van der Waals surface area contributed by atoms with Gasteiger partial charge in [-0.15, -0.1) is 0 Å². The highest BCUT2D eigenvalue weighted by Gasteiger charge is 2.27. The van der Waals surface area contributed by atoms with Crippen LogP contribution in [0.15, 0.2) is 18.2 Å². The molecule has 1 atom stereocenters. The van der Waals surface area contributed by atoms with Crippen LogP contribution < -0.4 is 10.6 Å². The molecule has 1 saturated heterocycles. The van der Waals surface area contributed by atoms with Crippen molar-refractivity contribution in [3.8, 4) is 0 Å². The van der Waals surface area contributed by atoms with Crippen LogP contribution in [-0.4, -0.2) is 17.9 Å². The van der Waals surface area contributed by atoms with E-state index in [1.54, 1.807) is 12.1 Å². The molecule has 102 valence electrons. The number of nitrogens with one attached hydrogen (secondary N) is 2. The summed E-state index contributed by atoms with van der Waals surface area (Å²) in [7, 11) is 0. The summed E-state index contributed by atoms with van der Waals surface area (Å²) in [6.45, 7) is 4.03. The minimum absolute atomic E-state index is 0.273. The Hall–Kier alpha value is -1.91. The van der Waals surface area contributed by atoms with Crippen LogP contribution in [0, 0.1) is 5.82 Å². The van der Waals surface area contributed by atoms with Crippen LogP contribution in [0.1, 0.15) is 38.2 Å². The first-order valence-electron chi connectivity index (χ1n) is 6.37. The topological polar surface area (TPSA) is 58.2 Å². The van der Waals surface area contributed by atoms with E-state index >= 15 is 0 Å². The van der Waals surface area contributed by atoms with E-state index in [1.807, 2.05) is 13.8 Å². The average Bonchev–Trinajstić information content (AvgIpc) is 2.34. The van der Waals surface area contributed by atoms with Crippen molar-refractivity contribution in [3.63, 3.8) is 0 Å². The molecule has 1 aliphatic heterocycles. The zero-order valence-corrected chi connectivity index (χ0v) is 11.0. The highest BCUT2D eigenvalue weighted by atomic mass is 19.1. The summed E-state index contributed by atoms with van der Waals surface area (Å²) >= 11 is 0. The second-order valence-corrected chi connectivity index (χ2v) is 5.04. The minimum Gasteiger partial charge on any atom is -0.371 e. The zero-order chi connectivity index (χ0) is 14.0. The van der Waals surface area contributed by atoms with E-state index in [1.165, 1.54) is 6.07 Å². The highest BCUT2D eigenvalue weighted by Crippen LogP contribution is 2.23. The van der Waals surface area contributed by atoms with E-state index in [9.17, 15) is 14.0 Å². The predicted molar refractivity (Wildman–Crippen MR) is 70.3 cm³/mol. The van der Waals surface area contributed by atoms with Gasteiger partial charge in [-0.2, -0.15) is 0 Å².